The average Bonchev–Trinajstić information content (AvgIpc) is 3.07. The summed E-state index contributed by atoms with van der Waals surface area (Å²) in [5.74, 6) is 0. The highest BCUT2D eigenvalue weighted by Gasteiger charge is 2.26. The van der Waals surface area contributed by atoms with Crippen molar-refractivity contribution in [1.29, 1.82) is 0 Å². The first-order valence-electron chi connectivity index (χ1n) is 8.31. The van der Waals surface area contributed by atoms with Crippen molar-refractivity contribution in [3.63, 3.8) is 0 Å². The van der Waals surface area contributed by atoms with Crippen LogP contribution in [0.1, 0.15) is 18.4 Å². The van der Waals surface area contributed by atoms with E-state index in [1.165, 1.54) is 0 Å². The van der Waals surface area contributed by atoms with Gasteiger partial charge in [-0.1, -0.05) is 17.7 Å². The standard InChI is InChI=1S/C12H17NO3S.C5H11NO/c1-10-3-5-12(6-4-10)17(14,15)16-11-7-8-13(2)9-11;1-6-3-2-5(7)4-6/h3-6,11H,7-9H2,1-2H3;5,7H,2-4H2,1H3. The number of likely N-dealkylation sites (N-methyl/N-ethyl adjacent to an activating group) is 2. The number of likely N-dealkylation sites (tertiary alicyclic amines) is 2. The van der Waals surface area contributed by atoms with Gasteiger partial charge in [0, 0.05) is 26.2 Å². The zero-order valence-corrected chi connectivity index (χ0v) is 15.5. The van der Waals surface area contributed by atoms with E-state index in [2.05, 4.69) is 9.80 Å². The Hall–Kier alpha value is -0.990. The number of hydrogen-bond acceptors (Lipinski definition) is 6. The smallest absolute Gasteiger partial charge is 0.297 e. The van der Waals surface area contributed by atoms with Crippen LogP contribution in [0.2, 0.25) is 0 Å². The Morgan fingerprint density at radius 2 is 1.62 bits per heavy atom. The van der Waals surface area contributed by atoms with Gasteiger partial charge in [-0.05, 0) is 46.0 Å². The summed E-state index contributed by atoms with van der Waals surface area (Å²) >= 11 is 0. The van der Waals surface area contributed by atoms with Gasteiger partial charge < -0.3 is 14.9 Å². The minimum absolute atomic E-state index is 0.0509. The maximum absolute atomic E-state index is 12.0. The second-order valence-corrected chi connectivity index (χ2v) is 8.31. The van der Waals surface area contributed by atoms with Gasteiger partial charge in [-0.15, -0.1) is 0 Å². The molecule has 2 unspecified atom stereocenters. The predicted octanol–water partition coefficient (Wildman–Crippen LogP) is 1.09. The first-order valence-corrected chi connectivity index (χ1v) is 9.72. The van der Waals surface area contributed by atoms with Crippen molar-refractivity contribution >= 4 is 10.1 Å². The van der Waals surface area contributed by atoms with E-state index in [-0.39, 0.29) is 17.1 Å². The molecule has 2 atom stereocenters. The van der Waals surface area contributed by atoms with Crippen LogP contribution in [0.5, 0.6) is 0 Å². The Morgan fingerprint density at radius 1 is 1.04 bits per heavy atom. The Labute approximate surface area is 145 Å². The third-order valence-electron chi connectivity index (χ3n) is 4.29. The van der Waals surface area contributed by atoms with Gasteiger partial charge in [0.05, 0.1) is 17.1 Å². The van der Waals surface area contributed by atoms with Crippen molar-refractivity contribution in [2.75, 3.05) is 40.3 Å². The summed E-state index contributed by atoms with van der Waals surface area (Å²) in [5, 5.41) is 8.86. The van der Waals surface area contributed by atoms with Crippen molar-refractivity contribution in [3.8, 4) is 0 Å². The van der Waals surface area contributed by atoms with Gasteiger partial charge >= 0.3 is 0 Å². The number of nitrogens with zero attached hydrogens (tertiary/aromatic N) is 2. The van der Waals surface area contributed by atoms with Crippen molar-refractivity contribution in [2.24, 2.45) is 0 Å². The molecule has 3 rings (SSSR count). The van der Waals surface area contributed by atoms with E-state index in [0.29, 0.717) is 6.54 Å². The molecule has 2 heterocycles. The molecule has 6 nitrogen and oxygen atoms in total. The third kappa shape index (κ3) is 5.82. The molecule has 2 saturated heterocycles. The van der Waals surface area contributed by atoms with E-state index < -0.39 is 10.1 Å². The van der Waals surface area contributed by atoms with Gasteiger partial charge in [0.15, 0.2) is 0 Å². The number of aliphatic hydroxyl groups is 1. The van der Waals surface area contributed by atoms with Crippen LogP contribution in [0.25, 0.3) is 0 Å². The Morgan fingerprint density at radius 3 is 2.04 bits per heavy atom. The van der Waals surface area contributed by atoms with Crippen LogP contribution < -0.4 is 0 Å². The number of β-amino-alcohol motifs (C(OH)–C–C–N with tert-alkyl or cyclic N) is 1. The molecule has 0 aromatic heterocycles. The van der Waals surface area contributed by atoms with Crippen molar-refractivity contribution < 1.29 is 17.7 Å². The molecule has 0 saturated carbocycles. The van der Waals surface area contributed by atoms with Crippen LogP contribution in [-0.2, 0) is 14.3 Å². The molecule has 1 N–H and O–H groups in total. The van der Waals surface area contributed by atoms with Crippen LogP contribution in [0.3, 0.4) is 0 Å². The molecular formula is C17H28N2O4S. The van der Waals surface area contributed by atoms with E-state index in [1.54, 1.807) is 24.3 Å². The van der Waals surface area contributed by atoms with Gasteiger partial charge in [-0.25, -0.2) is 0 Å². The first-order chi connectivity index (χ1) is 11.3. The predicted molar refractivity (Wildman–Crippen MR) is 93.5 cm³/mol. The highest BCUT2D eigenvalue weighted by atomic mass is 32.2. The Bertz CT molecular complexity index is 610. The van der Waals surface area contributed by atoms with Crippen molar-refractivity contribution in [2.45, 2.75) is 36.9 Å². The molecule has 1 aromatic rings. The lowest BCUT2D eigenvalue weighted by Gasteiger charge is -2.12. The first kappa shape index (κ1) is 19.3. The summed E-state index contributed by atoms with van der Waals surface area (Å²) in [7, 11) is 0.374. The van der Waals surface area contributed by atoms with Crippen LogP contribution in [0, 0.1) is 6.92 Å². The summed E-state index contributed by atoms with van der Waals surface area (Å²) in [6, 6.07) is 6.72. The number of hydrogen-bond donors (Lipinski definition) is 1. The van der Waals surface area contributed by atoms with Gasteiger partial charge in [0.1, 0.15) is 0 Å². The number of aryl methyl sites for hydroxylation is 1. The Kier molecular flexibility index (Phi) is 6.77. The van der Waals surface area contributed by atoms with Gasteiger partial charge in [0.25, 0.3) is 10.1 Å². The molecule has 0 amide bonds. The Balaban J connectivity index is 0.000000249. The minimum Gasteiger partial charge on any atom is -0.392 e. The summed E-state index contributed by atoms with van der Waals surface area (Å²) in [4.78, 5) is 4.43. The molecule has 0 aliphatic carbocycles. The van der Waals surface area contributed by atoms with Crippen LogP contribution >= 0.6 is 0 Å². The number of rotatable bonds is 3. The summed E-state index contributed by atoms with van der Waals surface area (Å²) < 4.78 is 29.2. The molecule has 0 spiro atoms. The molecule has 0 radical (unpaired) electrons. The van der Waals surface area contributed by atoms with Crippen molar-refractivity contribution in [1.82, 2.24) is 9.80 Å². The molecular weight excluding hydrogens is 328 g/mol. The molecule has 2 aliphatic heterocycles. The third-order valence-corrected chi connectivity index (χ3v) is 5.66. The monoisotopic (exact) mass is 356 g/mol. The molecule has 2 fully saturated rings. The van der Waals surface area contributed by atoms with E-state index in [0.717, 1.165) is 38.0 Å². The normalized spacial score (nSPS) is 25.5. The zero-order chi connectivity index (χ0) is 17.7. The maximum atomic E-state index is 12.0. The van der Waals surface area contributed by atoms with Crippen molar-refractivity contribution in [3.05, 3.63) is 29.8 Å². The molecule has 1 aromatic carbocycles. The molecule has 7 heteroatoms. The van der Waals surface area contributed by atoms with E-state index in [9.17, 15) is 8.42 Å². The van der Waals surface area contributed by atoms with Gasteiger partial charge in [-0.2, -0.15) is 8.42 Å². The largest absolute Gasteiger partial charge is 0.392 e. The zero-order valence-electron chi connectivity index (χ0n) is 14.7. The average molecular weight is 356 g/mol. The molecule has 24 heavy (non-hydrogen) atoms. The lowest BCUT2D eigenvalue weighted by molar-refractivity contribution is 0.182. The van der Waals surface area contributed by atoms with Crippen LogP contribution in [0.15, 0.2) is 29.2 Å². The molecule has 0 bridgehead atoms. The summed E-state index contributed by atoms with van der Waals surface area (Å²) in [6.07, 6.45) is 1.45. The number of aliphatic hydroxyl groups excluding tert-OH is 1. The lowest BCUT2D eigenvalue weighted by Crippen LogP contribution is -2.22. The second-order valence-electron chi connectivity index (χ2n) is 6.74. The summed E-state index contributed by atoms with van der Waals surface area (Å²) in [6.45, 7) is 5.39. The molecule has 2 aliphatic rings. The summed E-state index contributed by atoms with van der Waals surface area (Å²) in [5.41, 5.74) is 1.03. The lowest BCUT2D eigenvalue weighted by atomic mass is 10.2. The quantitative estimate of drug-likeness (QED) is 0.818. The topological polar surface area (TPSA) is 70.1 Å². The van der Waals surface area contributed by atoms with Gasteiger partial charge in [-0.3, -0.25) is 4.18 Å². The second kappa shape index (κ2) is 8.40. The SMILES string of the molecule is CN1CCC(O)C1.Cc1ccc(S(=O)(=O)OC2CCN(C)C2)cc1. The van der Waals surface area contributed by atoms with E-state index in [1.807, 2.05) is 21.0 Å². The maximum Gasteiger partial charge on any atom is 0.297 e. The van der Waals surface area contributed by atoms with Crippen LogP contribution in [0.4, 0.5) is 0 Å². The number of benzene rings is 1. The fourth-order valence-corrected chi connectivity index (χ4v) is 3.92. The molecule has 136 valence electrons. The fraction of sp³-hybridized carbons (Fsp3) is 0.647. The minimum atomic E-state index is -3.61. The fourth-order valence-electron chi connectivity index (χ4n) is 2.82. The van der Waals surface area contributed by atoms with Gasteiger partial charge in [0.2, 0.25) is 0 Å². The van der Waals surface area contributed by atoms with Crippen LogP contribution in [-0.4, -0.2) is 75.8 Å². The highest BCUT2D eigenvalue weighted by molar-refractivity contribution is 7.86. The highest BCUT2D eigenvalue weighted by Crippen LogP contribution is 2.19. The van der Waals surface area contributed by atoms with E-state index in [4.69, 9.17) is 9.29 Å². The van der Waals surface area contributed by atoms with E-state index >= 15 is 0 Å².